The van der Waals surface area contributed by atoms with Crippen LogP contribution in [0.25, 0.3) is 0 Å². The number of carboxylic acid groups (broad SMARTS) is 1. The maximum Gasteiger partial charge on any atom is 0.304 e. The summed E-state index contributed by atoms with van der Waals surface area (Å²) in [5, 5.41) is 14.7. The van der Waals surface area contributed by atoms with Crippen molar-refractivity contribution in [3.63, 3.8) is 0 Å². The number of nitrogens with one attached hydrogen (secondary N) is 1. The lowest BCUT2D eigenvalue weighted by Crippen LogP contribution is -2.27. The van der Waals surface area contributed by atoms with Crippen LogP contribution in [0.4, 0.5) is 5.69 Å². The zero-order valence-corrected chi connectivity index (χ0v) is 14.6. The van der Waals surface area contributed by atoms with Crippen molar-refractivity contribution in [2.45, 2.75) is 32.6 Å². The molecule has 0 aliphatic rings. The predicted molar refractivity (Wildman–Crippen MR) is 98.1 cm³/mol. The topological polar surface area (TPSA) is 125 Å². The molecule has 0 aromatic heterocycles. The lowest BCUT2D eigenvalue weighted by molar-refractivity contribution is -0.136. The van der Waals surface area contributed by atoms with Gasteiger partial charge in [0.25, 0.3) is 0 Å². The van der Waals surface area contributed by atoms with E-state index in [1.807, 2.05) is 0 Å². The number of nitrogens with zero attached hydrogens (tertiary/aromatic N) is 2. The first kappa shape index (κ1) is 20.7. The van der Waals surface area contributed by atoms with Gasteiger partial charge in [-0.3, -0.25) is 19.3 Å². The van der Waals surface area contributed by atoms with Crippen molar-refractivity contribution in [3.8, 4) is 12.0 Å². The van der Waals surface area contributed by atoms with Crippen LogP contribution in [0.2, 0.25) is 0 Å². The number of hydrazone groups is 1. The first-order valence-electron chi connectivity index (χ1n) is 8.10. The summed E-state index contributed by atoms with van der Waals surface area (Å²) in [6, 6.07) is 9.56. The molecule has 0 atom stereocenters. The van der Waals surface area contributed by atoms with Crippen LogP contribution in [0.5, 0.6) is 0 Å². The summed E-state index contributed by atoms with van der Waals surface area (Å²) in [6.45, 7) is 2.13. The maximum atomic E-state index is 12.1. The summed E-state index contributed by atoms with van der Waals surface area (Å²) in [6.07, 6.45) is 1.63. The summed E-state index contributed by atoms with van der Waals surface area (Å²) in [4.78, 5) is 35.7. The van der Waals surface area contributed by atoms with Gasteiger partial charge in [-0.15, -0.1) is 0 Å². The van der Waals surface area contributed by atoms with Gasteiger partial charge in [-0.05, 0) is 24.6 Å². The molecule has 138 valence electrons. The van der Waals surface area contributed by atoms with Crippen molar-refractivity contribution in [1.82, 2.24) is 4.90 Å². The molecule has 26 heavy (non-hydrogen) atoms. The number of aliphatic carboxylic acids is 1. The first-order chi connectivity index (χ1) is 12.5. The Hall–Kier alpha value is -3.34. The largest absolute Gasteiger partial charge is 0.481 e. The van der Waals surface area contributed by atoms with Gasteiger partial charge in [-0.25, -0.2) is 0 Å². The Morgan fingerprint density at radius 1 is 1.23 bits per heavy atom. The quantitative estimate of drug-likeness (QED) is 0.213. The molecule has 1 aromatic rings. The highest BCUT2D eigenvalue weighted by atomic mass is 16.4. The van der Waals surface area contributed by atoms with Crippen LogP contribution in [0, 0.1) is 12.0 Å². The standard InChI is InChI=1S/C18H22N4O4/c1-2-22(12-4-3-5-18(25)26)17(24)11-10-16(23)21-15-8-6-14(7-9-15)13-20-19/h6-9,13H,2-3,5,10-11,19H2,1H3,(H,21,23)(H,25,26). The fourth-order valence-corrected chi connectivity index (χ4v) is 1.96. The molecule has 8 heteroatoms. The zero-order chi connectivity index (χ0) is 19.4. The SMILES string of the molecule is CCN(C#CCCC(=O)O)C(=O)CCC(=O)Nc1ccc(C=NN)cc1. The van der Waals surface area contributed by atoms with Crippen molar-refractivity contribution < 1.29 is 19.5 Å². The van der Waals surface area contributed by atoms with E-state index in [0.29, 0.717) is 12.2 Å². The van der Waals surface area contributed by atoms with Gasteiger partial charge in [-0.2, -0.15) is 5.10 Å². The van der Waals surface area contributed by atoms with Crippen LogP contribution in [0.15, 0.2) is 29.4 Å². The molecule has 0 heterocycles. The number of hydrogen-bond acceptors (Lipinski definition) is 5. The minimum absolute atomic E-state index is 0.0190. The van der Waals surface area contributed by atoms with Gasteiger partial charge in [0, 0.05) is 37.5 Å². The predicted octanol–water partition coefficient (Wildman–Crippen LogP) is 1.37. The lowest BCUT2D eigenvalue weighted by atomic mass is 10.2. The molecule has 0 saturated heterocycles. The van der Waals surface area contributed by atoms with Crippen molar-refractivity contribution in [1.29, 1.82) is 0 Å². The molecule has 1 rings (SSSR count). The first-order valence-corrected chi connectivity index (χ1v) is 8.10. The van der Waals surface area contributed by atoms with Gasteiger partial charge >= 0.3 is 5.97 Å². The van der Waals surface area contributed by atoms with E-state index in [0.717, 1.165) is 5.56 Å². The minimum atomic E-state index is -0.936. The second-order valence-corrected chi connectivity index (χ2v) is 5.27. The summed E-state index contributed by atoms with van der Waals surface area (Å²) in [5.41, 5.74) is 1.41. The summed E-state index contributed by atoms with van der Waals surface area (Å²) < 4.78 is 0. The molecule has 0 spiro atoms. The molecule has 0 fully saturated rings. The van der Waals surface area contributed by atoms with Crippen LogP contribution in [0.3, 0.4) is 0 Å². The normalized spacial score (nSPS) is 10.0. The van der Waals surface area contributed by atoms with Crippen LogP contribution >= 0.6 is 0 Å². The second kappa shape index (κ2) is 11.3. The molecule has 4 N–H and O–H groups in total. The van der Waals surface area contributed by atoms with E-state index in [2.05, 4.69) is 22.4 Å². The Labute approximate surface area is 152 Å². The smallest absolute Gasteiger partial charge is 0.304 e. The summed E-state index contributed by atoms with van der Waals surface area (Å²) >= 11 is 0. The van der Waals surface area contributed by atoms with E-state index >= 15 is 0 Å². The molecule has 0 radical (unpaired) electrons. The molecular weight excluding hydrogens is 336 g/mol. The number of amides is 2. The van der Waals surface area contributed by atoms with Gasteiger partial charge in [-0.1, -0.05) is 18.1 Å². The van der Waals surface area contributed by atoms with Crippen LogP contribution in [-0.4, -0.2) is 40.5 Å². The van der Waals surface area contributed by atoms with Gasteiger partial charge in [0.05, 0.1) is 12.6 Å². The number of rotatable bonds is 8. The highest BCUT2D eigenvalue weighted by Gasteiger charge is 2.12. The highest BCUT2D eigenvalue weighted by Crippen LogP contribution is 2.09. The van der Waals surface area contributed by atoms with E-state index in [1.165, 1.54) is 11.1 Å². The number of nitrogens with two attached hydrogens (primary N) is 1. The van der Waals surface area contributed by atoms with Crippen molar-refractivity contribution >= 4 is 29.7 Å². The molecule has 0 bridgehead atoms. The molecule has 8 nitrogen and oxygen atoms in total. The van der Waals surface area contributed by atoms with E-state index in [9.17, 15) is 14.4 Å². The third-order valence-electron chi connectivity index (χ3n) is 3.28. The fourth-order valence-electron chi connectivity index (χ4n) is 1.96. The Bertz CT molecular complexity index is 717. The molecule has 1 aromatic carbocycles. The van der Waals surface area contributed by atoms with Gasteiger partial charge in [0.1, 0.15) is 0 Å². The Morgan fingerprint density at radius 3 is 2.50 bits per heavy atom. The van der Waals surface area contributed by atoms with Gasteiger partial charge < -0.3 is 16.3 Å². The maximum absolute atomic E-state index is 12.1. The minimum Gasteiger partial charge on any atom is -0.481 e. The number of carboxylic acids is 1. The lowest BCUT2D eigenvalue weighted by Gasteiger charge is -2.13. The zero-order valence-electron chi connectivity index (χ0n) is 14.6. The van der Waals surface area contributed by atoms with Crippen LogP contribution in [-0.2, 0) is 14.4 Å². The molecule has 0 aliphatic heterocycles. The number of anilines is 1. The Balaban J connectivity index is 2.46. The molecule has 2 amide bonds. The van der Waals surface area contributed by atoms with Crippen molar-refractivity contribution in [2.24, 2.45) is 10.9 Å². The molecular formula is C18H22N4O4. The Morgan fingerprint density at radius 2 is 1.92 bits per heavy atom. The van der Waals surface area contributed by atoms with E-state index in [4.69, 9.17) is 10.9 Å². The van der Waals surface area contributed by atoms with Crippen LogP contribution < -0.4 is 11.2 Å². The number of carbonyl (C=O) groups excluding carboxylic acids is 2. The van der Waals surface area contributed by atoms with Crippen LogP contribution in [0.1, 0.15) is 38.2 Å². The van der Waals surface area contributed by atoms with Gasteiger partial charge in [0.15, 0.2) is 0 Å². The van der Waals surface area contributed by atoms with Crippen molar-refractivity contribution in [2.75, 3.05) is 11.9 Å². The van der Waals surface area contributed by atoms with E-state index in [-0.39, 0.29) is 37.5 Å². The highest BCUT2D eigenvalue weighted by molar-refractivity contribution is 5.93. The summed E-state index contributed by atoms with van der Waals surface area (Å²) in [5.74, 6) is 6.21. The summed E-state index contributed by atoms with van der Waals surface area (Å²) in [7, 11) is 0. The molecule has 0 aliphatic carbocycles. The average molecular weight is 358 g/mol. The molecule has 0 unspecified atom stereocenters. The number of benzene rings is 1. The monoisotopic (exact) mass is 358 g/mol. The number of carbonyl (C=O) groups is 3. The third kappa shape index (κ3) is 7.97. The second-order valence-electron chi connectivity index (χ2n) is 5.27. The van der Waals surface area contributed by atoms with Gasteiger partial charge in [0.2, 0.25) is 11.8 Å². The molecule has 0 saturated carbocycles. The van der Waals surface area contributed by atoms with E-state index < -0.39 is 5.97 Å². The Kier molecular flexibility index (Phi) is 8.96. The third-order valence-corrected chi connectivity index (χ3v) is 3.28. The number of hydrogen-bond donors (Lipinski definition) is 3. The average Bonchev–Trinajstić information content (AvgIpc) is 2.61. The van der Waals surface area contributed by atoms with E-state index in [1.54, 1.807) is 31.2 Å². The van der Waals surface area contributed by atoms with Crippen molar-refractivity contribution in [3.05, 3.63) is 29.8 Å². The fraction of sp³-hybridized carbons (Fsp3) is 0.333.